The maximum absolute atomic E-state index is 15.5. The predicted molar refractivity (Wildman–Crippen MR) is 314 cm³/mol. The number of alkyl halides is 1. The number of nitrogens with one attached hydrogen (secondary N) is 6. The number of imide groups is 1. The van der Waals surface area contributed by atoms with Gasteiger partial charge in [-0.05, 0) is 79.0 Å². The van der Waals surface area contributed by atoms with Crippen LogP contribution in [0, 0.1) is 29.4 Å². The lowest BCUT2D eigenvalue weighted by molar-refractivity contribution is -0.137. The number of nitrogens with zero attached hydrogens (tertiary/aromatic N) is 4. The molecule has 0 aliphatic carbocycles. The maximum atomic E-state index is 15.5. The molecule has 470 valence electrons. The van der Waals surface area contributed by atoms with Crippen molar-refractivity contribution in [2.75, 3.05) is 69.3 Å². The van der Waals surface area contributed by atoms with E-state index in [0.717, 1.165) is 35.9 Å². The Kier molecular flexibility index (Phi) is 24.3. The molecule has 29 heteroatoms. The van der Waals surface area contributed by atoms with Gasteiger partial charge in [-0.1, -0.05) is 56.3 Å². The molecule has 4 heterocycles. The number of primary amides is 1. The molecule has 0 bridgehead atoms. The molecule has 3 aliphatic rings. The molecule has 7 rings (SSSR count). The second kappa shape index (κ2) is 31.7. The van der Waals surface area contributed by atoms with Gasteiger partial charge >= 0.3 is 12.1 Å². The SMILES string of the molecule is CC(C)[C@H](NC(=O)CC(CN1C(=O)C=CC1=O)S(=O)(=O)O)C(=O)N[C@@H](CCCNC(N)=O)C(=O)Nc1ccc(COC(=O)NCCSCC(=O)N(C[C@@H]2CNC[C@@H]2F)[C@@H](c2nc(-c3cc(F)ccc3F)cn2Cc2ccccc2)C2CCOCC2)cc1. The number of thioether (sulfide) groups is 1. The summed E-state index contributed by atoms with van der Waals surface area (Å²) in [6.45, 7) is 3.90. The third-order valence-electron chi connectivity index (χ3n) is 14.9. The molecule has 1 unspecified atom stereocenters. The van der Waals surface area contributed by atoms with Crippen molar-refractivity contribution in [3.63, 3.8) is 0 Å². The van der Waals surface area contributed by atoms with E-state index in [4.69, 9.17) is 20.2 Å². The summed E-state index contributed by atoms with van der Waals surface area (Å²) in [6, 6.07) is 14.7. The third kappa shape index (κ3) is 19.6. The summed E-state index contributed by atoms with van der Waals surface area (Å²) in [5.41, 5.74) is 7.02. The van der Waals surface area contributed by atoms with Crippen LogP contribution in [0.4, 0.5) is 28.4 Å². The van der Waals surface area contributed by atoms with Gasteiger partial charge in [-0.15, -0.1) is 0 Å². The lowest BCUT2D eigenvalue weighted by Crippen LogP contribution is -2.55. The molecular weight excluding hydrogens is 1180 g/mol. The lowest BCUT2D eigenvalue weighted by Gasteiger charge is -2.40. The Hall–Kier alpha value is -7.86. The number of aromatic nitrogens is 2. The van der Waals surface area contributed by atoms with Crippen LogP contribution in [0.2, 0.25) is 0 Å². The predicted octanol–water partition coefficient (Wildman–Crippen LogP) is 3.97. The number of ether oxygens (including phenoxy) is 2. The second-order valence-electron chi connectivity index (χ2n) is 21.6. The molecule has 3 aliphatic heterocycles. The van der Waals surface area contributed by atoms with Gasteiger partial charge in [0.05, 0.1) is 17.5 Å². The first-order chi connectivity index (χ1) is 41.5. The van der Waals surface area contributed by atoms with Crippen LogP contribution in [0.1, 0.15) is 68.9 Å². The molecule has 2 saturated heterocycles. The number of imidazole rings is 1. The molecule has 0 spiro atoms. The van der Waals surface area contributed by atoms with E-state index in [2.05, 4.69) is 31.9 Å². The molecule has 4 aromatic rings. The highest BCUT2D eigenvalue weighted by atomic mass is 32.2. The van der Waals surface area contributed by atoms with Gasteiger partial charge in [0.1, 0.15) is 47.6 Å². The van der Waals surface area contributed by atoms with E-state index < -0.39 is 118 Å². The number of hydrogen-bond donors (Lipinski definition) is 8. The maximum Gasteiger partial charge on any atom is 0.407 e. The van der Waals surface area contributed by atoms with Crippen molar-refractivity contribution in [3.8, 4) is 11.3 Å². The zero-order valence-corrected chi connectivity index (χ0v) is 49.6. The van der Waals surface area contributed by atoms with Crippen molar-refractivity contribution in [1.82, 2.24) is 45.9 Å². The summed E-state index contributed by atoms with van der Waals surface area (Å²) in [6.07, 6.45) is 1.77. The lowest BCUT2D eigenvalue weighted by atomic mass is 9.88. The number of carbonyl (C=O) groups excluding carboxylic acids is 8. The number of rotatable bonds is 30. The first kappa shape index (κ1) is 66.7. The van der Waals surface area contributed by atoms with Crippen molar-refractivity contribution in [1.29, 1.82) is 0 Å². The molecule has 0 saturated carbocycles. The van der Waals surface area contributed by atoms with E-state index in [0.29, 0.717) is 55.4 Å². The van der Waals surface area contributed by atoms with Crippen molar-refractivity contribution in [3.05, 3.63) is 120 Å². The number of benzene rings is 3. The highest BCUT2D eigenvalue weighted by Gasteiger charge is 2.41. The number of alkyl carbamates (subject to hydrolysis) is 1. The first-order valence-corrected chi connectivity index (χ1v) is 31.0. The molecule has 2 fully saturated rings. The largest absolute Gasteiger partial charge is 0.445 e. The van der Waals surface area contributed by atoms with Gasteiger partial charge in [-0.2, -0.15) is 20.2 Å². The van der Waals surface area contributed by atoms with Gasteiger partial charge in [-0.3, -0.25) is 38.2 Å². The zero-order chi connectivity index (χ0) is 62.8. The Morgan fingerprint density at radius 1 is 0.920 bits per heavy atom. The number of anilines is 1. The molecule has 3 aromatic carbocycles. The standard InChI is InChI=1S/C58H72F3N11O13S2/c1-35(2)52(69-48(73)26-42(87(81,82)83)31-71-49(74)16-17-50(71)75)56(78)68-46(9-6-20-64-57(62)79)55(77)66-41-13-10-37(11-14-41)33-85-58(80)65-21-24-86-34-51(76)72(30-39-27-63-28-45(39)61)53(38-18-22-84-23-19-38)54-67-47(43-25-40(59)12-15-44(43)60)32-70(54)29-36-7-4-3-5-8-36/h3-5,7-8,10-17,25,32,35,38-39,42,45-46,52-53,63H,6,9,18-24,26-31,33-34H2,1-2H3,(H,65,80)(H,66,77)(H,68,78)(H,69,73)(H3,62,64,79)(H,81,82,83)/t39-,42?,45-,46-,52-,53+/m0/s1. The molecule has 9 N–H and O–H groups in total. The van der Waals surface area contributed by atoms with Crippen molar-refractivity contribution in [2.45, 2.75) is 88.7 Å². The van der Waals surface area contributed by atoms with Gasteiger partial charge < -0.3 is 56.6 Å². The average molecular weight is 1250 g/mol. The number of hydrogen-bond acceptors (Lipinski definition) is 15. The van der Waals surface area contributed by atoms with Crippen LogP contribution in [-0.4, -0.2) is 167 Å². The normalized spacial score (nSPS) is 17.5. The smallest absolute Gasteiger partial charge is 0.407 e. The van der Waals surface area contributed by atoms with Crippen LogP contribution >= 0.6 is 11.8 Å². The fourth-order valence-corrected chi connectivity index (χ4v) is 11.6. The van der Waals surface area contributed by atoms with Gasteiger partial charge in [0.2, 0.25) is 23.6 Å². The van der Waals surface area contributed by atoms with Gasteiger partial charge in [0, 0.05) is 107 Å². The number of nitrogens with two attached hydrogens (primary N) is 1. The summed E-state index contributed by atoms with van der Waals surface area (Å²) < 4.78 is 92.7. The van der Waals surface area contributed by atoms with E-state index in [9.17, 15) is 55.7 Å². The Morgan fingerprint density at radius 3 is 2.29 bits per heavy atom. The Labute approximate surface area is 505 Å². The van der Waals surface area contributed by atoms with Gasteiger partial charge in [-0.25, -0.2) is 27.7 Å². The summed E-state index contributed by atoms with van der Waals surface area (Å²) in [7, 11) is -4.98. The molecule has 9 amide bonds. The van der Waals surface area contributed by atoms with Crippen LogP contribution in [0.3, 0.4) is 0 Å². The average Bonchev–Trinajstić information content (AvgIpc) is 2.24. The molecule has 6 atom stereocenters. The number of halogens is 3. The Morgan fingerprint density at radius 2 is 1.63 bits per heavy atom. The third-order valence-corrected chi connectivity index (χ3v) is 17.0. The summed E-state index contributed by atoms with van der Waals surface area (Å²) in [4.78, 5) is 111. The highest BCUT2D eigenvalue weighted by Crippen LogP contribution is 2.38. The van der Waals surface area contributed by atoms with Crippen LogP contribution in [0.15, 0.2) is 91.1 Å². The number of urea groups is 1. The van der Waals surface area contributed by atoms with Crippen LogP contribution < -0.4 is 37.6 Å². The van der Waals surface area contributed by atoms with Crippen molar-refractivity contribution < 1.29 is 74.0 Å². The first-order valence-electron chi connectivity index (χ1n) is 28.3. The minimum atomic E-state index is -4.98. The van der Waals surface area contributed by atoms with Crippen LogP contribution in [-0.2, 0) is 61.5 Å². The summed E-state index contributed by atoms with van der Waals surface area (Å²) in [5.74, 6) is -6.56. The molecule has 1 aromatic heterocycles. The van der Waals surface area contributed by atoms with Gasteiger partial charge in [0.15, 0.2) is 0 Å². The minimum Gasteiger partial charge on any atom is -0.445 e. The fourth-order valence-electron chi connectivity index (χ4n) is 10.2. The van der Waals surface area contributed by atoms with E-state index >= 15 is 8.78 Å². The van der Waals surface area contributed by atoms with Crippen molar-refractivity contribution >= 4 is 75.1 Å². The minimum absolute atomic E-state index is 0.0329. The van der Waals surface area contributed by atoms with Crippen LogP contribution in [0.25, 0.3) is 11.3 Å². The van der Waals surface area contributed by atoms with Crippen LogP contribution in [0.5, 0.6) is 0 Å². The Bertz CT molecular complexity index is 3210. The topological polar surface area (TPSA) is 332 Å². The Balaban J connectivity index is 0.938. The van der Waals surface area contributed by atoms with E-state index in [1.54, 1.807) is 37.1 Å². The number of amides is 9. The quantitative estimate of drug-likeness (QED) is 0.0208. The van der Waals surface area contributed by atoms with E-state index in [-0.39, 0.29) is 85.9 Å². The summed E-state index contributed by atoms with van der Waals surface area (Å²) in [5, 5.41) is 13.9. The van der Waals surface area contributed by atoms with Crippen molar-refractivity contribution in [2.24, 2.45) is 23.5 Å². The zero-order valence-electron chi connectivity index (χ0n) is 48.0. The summed E-state index contributed by atoms with van der Waals surface area (Å²) >= 11 is 1.25. The molecule has 87 heavy (non-hydrogen) atoms. The number of carbonyl (C=O) groups is 8. The highest BCUT2D eigenvalue weighted by molar-refractivity contribution is 7.99. The molecule has 24 nitrogen and oxygen atoms in total. The monoisotopic (exact) mass is 1250 g/mol. The fraction of sp³-hybridized carbons (Fsp3) is 0.466. The molecule has 0 radical (unpaired) electrons. The van der Waals surface area contributed by atoms with Gasteiger partial charge in [0.25, 0.3) is 21.9 Å². The van der Waals surface area contributed by atoms with E-state index in [1.807, 2.05) is 34.9 Å². The molecular formula is C58H72F3N11O13S2. The second-order valence-corrected chi connectivity index (χ2v) is 24.4. The van der Waals surface area contributed by atoms with E-state index in [1.165, 1.54) is 23.9 Å².